The van der Waals surface area contributed by atoms with Gasteiger partial charge in [0.25, 0.3) is 0 Å². The number of unbranched alkanes of at least 4 members (excludes halogenated alkanes) is 4. The van der Waals surface area contributed by atoms with Gasteiger partial charge in [0.15, 0.2) is 0 Å². The number of aliphatic hydroxyl groups is 2. The molecule has 2 aliphatic heterocycles. The Morgan fingerprint density at radius 3 is 1.21 bits per heavy atom. The molecule has 0 aromatic carbocycles. The SMILES string of the molecule is O=C(CCCCCO)OCC1(COC(=O)OCCOC(=O)OCC2(COC(=O)CCCCCO)CSSC2)CSSC1. The molecule has 242 valence electrons. The van der Waals surface area contributed by atoms with E-state index in [1.165, 1.54) is 0 Å². The fraction of sp³-hybridized carbons (Fsp3) is 0.846. The van der Waals surface area contributed by atoms with E-state index >= 15 is 0 Å². The van der Waals surface area contributed by atoms with E-state index in [9.17, 15) is 19.2 Å². The highest BCUT2D eigenvalue weighted by Crippen LogP contribution is 2.44. The molecule has 0 atom stereocenters. The van der Waals surface area contributed by atoms with Crippen molar-refractivity contribution in [1.82, 2.24) is 0 Å². The Morgan fingerprint density at radius 2 is 0.857 bits per heavy atom. The summed E-state index contributed by atoms with van der Waals surface area (Å²) in [6.45, 7) is 0.0759. The minimum absolute atomic E-state index is 0.0257. The fourth-order valence-electron chi connectivity index (χ4n) is 3.65. The molecule has 0 saturated carbocycles. The third-order valence-electron chi connectivity index (χ3n) is 6.30. The van der Waals surface area contributed by atoms with Gasteiger partial charge in [0.2, 0.25) is 0 Å². The zero-order valence-electron chi connectivity index (χ0n) is 23.8. The van der Waals surface area contributed by atoms with Gasteiger partial charge < -0.3 is 38.6 Å². The molecule has 0 amide bonds. The molecule has 0 unspecified atom stereocenters. The first-order valence-electron chi connectivity index (χ1n) is 13.9. The quantitative estimate of drug-likeness (QED) is 0.0768. The van der Waals surface area contributed by atoms with Gasteiger partial charge in [-0.3, -0.25) is 9.59 Å². The molecule has 2 fully saturated rings. The molecule has 0 aromatic rings. The van der Waals surface area contributed by atoms with Crippen LogP contribution in [0, 0.1) is 10.8 Å². The number of carbonyl (C=O) groups is 4. The molecule has 2 N–H and O–H groups in total. The molecule has 42 heavy (non-hydrogen) atoms. The first kappa shape index (κ1) is 37.0. The minimum Gasteiger partial charge on any atom is -0.465 e. The highest BCUT2D eigenvalue weighted by Gasteiger charge is 2.40. The monoisotopic (exact) mass is 674 g/mol. The van der Waals surface area contributed by atoms with Crippen molar-refractivity contribution >= 4 is 67.4 Å². The van der Waals surface area contributed by atoms with E-state index in [1.807, 2.05) is 0 Å². The van der Waals surface area contributed by atoms with Crippen LogP contribution in [-0.2, 0) is 38.0 Å². The smallest absolute Gasteiger partial charge is 0.465 e. The van der Waals surface area contributed by atoms with Gasteiger partial charge in [-0.05, 0) is 25.7 Å². The number of ether oxygens (including phenoxy) is 6. The number of hydrogen-bond acceptors (Lipinski definition) is 16. The molecular formula is C26H42O12S4. The summed E-state index contributed by atoms with van der Waals surface area (Å²) in [5.41, 5.74) is -1.01. The normalized spacial score (nSPS) is 16.9. The Kier molecular flexibility index (Phi) is 18.9. The predicted octanol–water partition coefficient (Wildman–Crippen LogP) is 4.25. The van der Waals surface area contributed by atoms with Gasteiger partial charge in [0, 0.05) is 49.1 Å². The summed E-state index contributed by atoms with van der Waals surface area (Å²) in [5, 5.41) is 17.6. The van der Waals surface area contributed by atoms with Crippen LogP contribution in [0.4, 0.5) is 9.59 Å². The maximum absolute atomic E-state index is 12.1. The summed E-state index contributed by atoms with van der Waals surface area (Å²) >= 11 is 0. The number of rotatable bonds is 21. The predicted molar refractivity (Wildman–Crippen MR) is 162 cm³/mol. The van der Waals surface area contributed by atoms with Crippen LogP contribution in [0.3, 0.4) is 0 Å². The zero-order valence-corrected chi connectivity index (χ0v) is 27.0. The van der Waals surface area contributed by atoms with Crippen molar-refractivity contribution in [1.29, 1.82) is 0 Å². The second-order valence-electron chi connectivity index (χ2n) is 10.2. The van der Waals surface area contributed by atoms with Crippen LogP contribution in [0.1, 0.15) is 51.4 Å². The molecule has 0 spiro atoms. The number of esters is 2. The Bertz CT molecular complexity index is 753. The van der Waals surface area contributed by atoms with Gasteiger partial charge in [-0.25, -0.2) is 9.59 Å². The van der Waals surface area contributed by atoms with Gasteiger partial charge in [0.05, 0.1) is 10.8 Å². The van der Waals surface area contributed by atoms with Gasteiger partial charge in [-0.15, -0.1) is 0 Å². The fourth-order valence-corrected chi connectivity index (χ4v) is 10.3. The average Bonchev–Trinajstić information content (AvgIpc) is 3.66. The van der Waals surface area contributed by atoms with Crippen molar-refractivity contribution in [3.63, 3.8) is 0 Å². The summed E-state index contributed by atoms with van der Waals surface area (Å²) < 4.78 is 31.3. The largest absolute Gasteiger partial charge is 0.508 e. The van der Waals surface area contributed by atoms with Crippen molar-refractivity contribution in [3.05, 3.63) is 0 Å². The molecular weight excluding hydrogens is 633 g/mol. The topological polar surface area (TPSA) is 164 Å². The summed E-state index contributed by atoms with van der Waals surface area (Å²) in [7, 11) is 6.46. The second-order valence-corrected chi connectivity index (χ2v) is 15.1. The third kappa shape index (κ3) is 15.5. The number of aliphatic hydroxyl groups excluding tert-OH is 2. The molecule has 0 bridgehead atoms. The van der Waals surface area contributed by atoms with Crippen LogP contribution >= 0.6 is 43.2 Å². The standard InChI is InChI=1S/C26H42O12S4/c27-9-5-1-3-7-21(29)35-13-25(17-39-40-18-25)15-37-23(31)33-11-12-34-24(32)38-16-26(19-41-42-20-26)14-36-22(30)8-4-2-6-10-28/h27-28H,1-20H2. The lowest BCUT2D eigenvalue weighted by molar-refractivity contribution is -0.148. The van der Waals surface area contributed by atoms with Crippen molar-refractivity contribution < 1.29 is 57.8 Å². The van der Waals surface area contributed by atoms with Gasteiger partial charge in [-0.2, -0.15) is 0 Å². The highest BCUT2D eigenvalue weighted by molar-refractivity contribution is 8.77. The lowest BCUT2D eigenvalue weighted by Crippen LogP contribution is -2.37. The van der Waals surface area contributed by atoms with E-state index in [0.717, 1.165) is 12.8 Å². The van der Waals surface area contributed by atoms with Gasteiger partial charge in [-0.1, -0.05) is 56.0 Å². The van der Waals surface area contributed by atoms with Gasteiger partial charge in [0.1, 0.15) is 39.6 Å². The van der Waals surface area contributed by atoms with Crippen LogP contribution in [0.15, 0.2) is 0 Å². The first-order valence-corrected chi connectivity index (χ1v) is 18.9. The van der Waals surface area contributed by atoms with E-state index in [4.69, 9.17) is 38.6 Å². The first-order chi connectivity index (χ1) is 20.3. The molecule has 2 aliphatic rings. The Hall–Kier alpha value is -1.20. The Morgan fingerprint density at radius 1 is 0.500 bits per heavy atom. The summed E-state index contributed by atoms with van der Waals surface area (Å²) in [4.78, 5) is 48.2. The van der Waals surface area contributed by atoms with Crippen LogP contribution < -0.4 is 0 Å². The third-order valence-corrected chi connectivity index (χ3v) is 12.0. The van der Waals surface area contributed by atoms with Crippen molar-refractivity contribution in [3.8, 4) is 0 Å². The van der Waals surface area contributed by atoms with Crippen LogP contribution in [0.2, 0.25) is 0 Å². The van der Waals surface area contributed by atoms with Crippen LogP contribution in [-0.4, -0.2) is 110 Å². The maximum atomic E-state index is 12.1. The lowest BCUT2D eigenvalue weighted by atomic mass is 9.95. The molecule has 0 aromatic heterocycles. The van der Waals surface area contributed by atoms with E-state index in [-0.39, 0.29) is 77.6 Å². The molecule has 0 radical (unpaired) electrons. The van der Waals surface area contributed by atoms with E-state index in [1.54, 1.807) is 43.2 Å². The number of carbonyl (C=O) groups excluding carboxylic acids is 4. The minimum atomic E-state index is -0.916. The highest BCUT2D eigenvalue weighted by atomic mass is 33.1. The van der Waals surface area contributed by atoms with E-state index in [2.05, 4.69) is 0 Å². The maximum Gasteiger partial charge on any atom is 0.508 e. The van der Waals surface area contributed by atoms with Gasteiger partial charge >= 0.3 is 24.2 Å². The molecule has 2 saturated heterocycles. The molecule has 2 rings (SSSR count). The van der Waals surface area contributed by atoms with Crippen LogP contribution in [0.5, 0.6) is 0 Å². The molecule has 16 heteroatoms. The summed E-state index contributed by atoms with van der Waals surface area (Å²) in [6, 6.07) is 0. The summed E-state index contributed by atoms with van der Waals surface area (Å²) in [5.74, 6) is 1.98. The average molecular weight is 675 g/mol. The van der Waals surface area contributed by atoms with Crippen molar-refractivity contribution in [2.45, 2.75) is 51.4 Å². The van der Waals surface area contributed by atoms with Crippen molar-refractivity contribution in [2.24, 2.45) is 10.8 Å². The molecule has 0 aliphatic carbocycles. The van der Waals surface area contributed by atoms with Crippen LogP contribution in [0.25, 0.3) is 0 Å². The number of hydrogen-bond donors (Lipinski definition) is 2. The van der Waals surface area contributed by atoms with E-state index < -0.39 is 23.1 Å². The summed E-state index contributed by atoms with van der Waals surface area (Å²) in [6.07, 6.45) is 2.83. The van der Waals surface area contributed by atoms with E-state index in [0.29, 0.717) is 48.7 Å². The Balaban J connectivity index is 1.60. The zero-order chi connectivity index (χ0) is 30.5. The second kappa shape index (κ2) is 21.5. The molecule has 2 heterocycles. The van der Waals surface area contributed by atoms with Crippen molar-refractivity contribution in [2.75, 3.05) is 75.9 Å². The lowest BCUT2D eigenvalue weighted by Gasteiger charge is -2.26. The molecule has 12 nitrogen and oxygen atoms in total. The Labute approximate surface area is 262 Å².